The van der Waals surface area contributed by atoms with Crippen molar-refractivity contribution in [3.63, 3.8) is 0 Å². The van der Waals surface area contributed by atoms with E-state index in [1.54, 1.807) is 13.8 Å². The van der Waals surface area contributed by atoms with Gasteiger partial charge < -0.3 is 4.74 Å². The van der Waals surface area contributed by atoms with Gasteiger partial charge >= 0.3 is 5.97 Å². The molecule has 0 aromatic rings. The molecule has 0 rings (SSSR count). The highest BCUT2D eigenvalue weighted by Gasteiger charge is 2.25. The lowest BCUT2D eigenvalue weighted by atomic mass is 10.5. The summed E-state index contributed by atoms with van der Waals surface area (Å²) in [5, 5.41) is 0. The second-order valence-corrected chi connectivity index (χ2v) is 4.77. The zero-order valence-corrected chi connectivity index (χ0v) is 7.83. The molecule has 0 spiro atoms. The van der Waals surface area contributed by atoms with E-state index >= 15 is 0 Å². The molecule has 54 valence electrons. The summed E-state index contributed by atoms with van der Waals surface area (Å²) < 4.78 is 3.80. The van der Waals surface area contributed by atoms with Crippen LogP contribution in [0.2, 0.25) is 0 Å². The van der Waals surface area contributed by atoms with Crippen molar-refractivity contribution in [3.05, 3.63) is 0 Å². The Kier molecular flexibility index (Phi) is 3.58. The Morgan fingerprint density at radius 1 is 1.89 bits per heavy atom. The predicted octanol–water partition coefficient (Wildman–Crippen LogP) is 1.59. The molecule has 0 heterocycles. The molecule has 0 bridgehead atoms. The number of carbonyl (C=O) groups is 1. The lowest BCUT2D eigenvalue weighted by Gasteiger charge is -2.11. The molecule has 0 N–H and O–H groups in total. The van der Waals surface area contributed by atoms with E-state index < -0.39 is 3.66 Å². The van der Waals surface area contributed by atoms with Crippen molar-refractivity contribution < 1.29 is 9.53 Å². The number of rotatable bonds is 2. The van der Waals surface area contributed by atoms with Crippen LogP contribution in [0.15, 0.2) is 0 Å². The number of halogens is 1. The molecule has 0 aromatic carbocycles. The Bertz CT molecular complexity index is 108. The van der Waals surface area contributed by atoms with E-state index in [-0.39, 0.29) is 5.97 Å². The smallest absolute Gasteiger partial charge is 0.332 e. The molecule has 4 heteroatoms. The lowest BCUT2D eigenvalue weighted by Crippen LogP contribution is -2.23. The largest absolute Gasteiger partial charge is 0.464 e. The van der Waals surface area contributed by atoms with E-state index in [4.69, 9.17) is 0 Å². The fraction of sp³-hybridized carbons (Fsp3) is 0.800. The summed E-state index contributed by atoms with van der Waals surface area (Å²) in [6.07, 6.45) is 0. The summed E-state index contributed by atoms with van der Waals surface area (Å²) in [5.74, 6) is -0.353. The highest BCUT2D eigenvalue weighted by molar-refractivity contribution is 9.12. The molecule has 1 atom stereocenters. The first-order valence-corrected chi connectivity index (χ1v) is 3.81. The van der Waals surface area contributed by atoms with Crippen molar-refractivity contribution in [3.8, 4) is 0 Å². The molecular formula is C5H9BrO2S. The third-order valence-corrected chi connectivity index (χ3v) is 1.15. The zero-order valence-electron chi connectivity index (χ0n) is 5.35. The molecule has 0 saturated heterocycles. The molecule has 0 aromatic heterocycles. The summed E-state index contributed by atoms with van der Waals surface area (Å²) in [4.78, 5) is 10.7. The number of hydrogen-bond donors (Lipinski definition) is 1. The van der Waals surface area contributed by atoms with Crippen molar-refractivity contribution in [1.82, 2.24) is 0 Å². The molecule has 0 aliphatic rings. The predicted molar refractivity (Wildman–Crippen MR) is 43.0 cm³/mol. The molecule has 0 radical (unpaired) electrons. The van der Waals surface area contributed by atoms with Gasteiger partial charge in [-0.2, -0.15) is 0 Å². The monoisotopic (exact) mass is 212 g/mol. The maximum absolute atomic E-state index is 10.7. The second-order valence-electron chi connectivity index (χ2n) is 1.67. The minimum atomic E-state index is -0.844. The Labute approximate surface area is 68.5 Å². The van der Waals surface area contributed by atoms with Crippen LogP contribution in [0.4, 0.5) is 0 Å². The number of esters is 1. The Hall–Kier alpha value is 0.300. The van der Waals surface area contributed by atoms with E-state index in [2.05, 4.69) is 33.3 Å². The van der Waals surface area contributed by atoms with E-state index in [0.717, 1.165) is 0 Å². The van der Waals surface area contributed by atoms with E-state index in [1.165, 1.54) is 0 Å². The van der Waals surface area contributed by atoms with Gasteiger partial charge in [0, 0.05) is 0 Å². The molecule has 9 heavy (non-hydrogen) atoms. The third-order valence-electron chi connectivity index (χ3n) is 0.648. The van der Waals surface area contributed by atoms with Crippen molar-refractivity contribution in [2.45, 2.75) is 17.5 Å². The molecule has 0 aliphatic carbocycles. The first-order valence-electron chi connectivity index (χ1n) is 2.57. The van der Waals surface area contributed by atoms with Gasteiger partial charge in [-0.1, -0.05) is 15.9 Å². The molecule has 0 saturated carbocycles. The maximum Gasteiger partial charge on any atom is 0.332 e. The van der Waals surface area contributed by atoms with Crippen molar-refractivity contribution in [2.75, 3.05) is 6.61 Å². The van der Waals surface area contributed by atoms with Crippen LogP contribution in [0.3, 0.4) is 0 Å². The summed E-state index contributed by atoms with van der Waals surface area (Å²) >= 11 is 6.96. The molecular weight excluding hydrogens is 204 g/mol. The van der Waals surface area contributed by atoms with E-state index in [1.807, 2.05) is 0 Å². The van der Waals surface area contributed by atoms with Crippen LogP contribution < -0.4 is 0 Å². The van der Waals surface area contributed by atoms with Gasteiger partial charge in [0.05, 0.1) is 6.61 Å². The standard InChI is InChI=1S/C5H9BrO2S/c1-3-8-4(7)5(2,6)9/h9H,3H2,1-2H3. The first kappa shape index (κ1) is 9.30. The van der Waals surface area contributed by atoms with Gasteiger partial charge in [-0.3, -0.25) is 0 Å². The molecule has 2 nitrogen and oxygen atoms in total. The van der Waals surface area contributed by atoms with Gasteiger partial charge in [0.1, 0.15) is 0 Å². The molecule has 1 unspecified atom stereocenters. The van der Waals surface area contributed by atoms with E-state index in [9.17, 15) is 4.79 Å². The van der Waals surface area contributed by atoms with E-state index in [0.29, 0.717) is 6.61 Å². The van der Waals surface area contributed by atoms with Crippen LogP contribution in [0.25, 0.3) is 0 Å². The van der Waals surface area contributed by atoms with Gasteiger partial charge in [0.25, 0.3) is 0 Å². The Balaban J connectivity index is 3.74. The number of hydrogen-bond acceptors (Lipinski definition) is 3. The average Bonchev–Trinajstić information content (AvgIpc) is 1.64. The van der Waals surface area contributed by atoms with Crippen molar-refractivity contribution in [1.29, 1.82) is 0 Å². The molecule has 0 fully saturated rings. The van der Waals surface area contributed by atoms with Crippen LogP contribution in [-0.4, -0.2) is 16.2 Å². The molecule has 0 amide bonds. The second kappa shape index (κ2) is 3.46. The normalized spacial score (nSPS) is 16.4. The number of carbonyl (C=O) groups excluding carboxylic acids is 1. The van der Waals surface area contributed by atoms with Gasteiger partial charge in [-0.05, 0) is 13.8 Å². The van der Waals surface area contributed by atoms with Crippen molar-refractivity contribution >= 4 is 34.5 Å². The third kappa shape index (κ3) is 3.81. The minimum absolute atomic E-state index is 0.353. The Morgan fingerprint density at radius 2 is 2.33 bits per heavy atom. The fourth-order valence-electron chi connectivity index (χ4n) is 0.263. The fourth-order valence-corrected chi connectivity index (χ4v) is 0.442. The highest BCUT2D eigenvalue weighted by atomic mass is 79.9. The van der Waals surface area contributed by atoms with Crippen LogP contribution in [-0.2, 0) is 9.53 Å². The van der Waals surface area contributed by atoms with Crippen molar-refractivity contribution in [2.24, 2.45) is 0 Å². The Morgan fingerprint density at radius 3 is 2.44 bits per heavy atom. The quantitative estimate of drug-likeness (QED) is 0.428. The number of thiol groups is 1. The highest BCUT2D eigenvalue weighted by Crippen LogP contribution is 2.22. The maximum atomic E-state index is 10.7. The van der Waals surface area contributed by atoms with Crippen LogP contribution in [0.1, 0.15) is 13.8 Å². The van der Waals surface area contributed by atoms with Gasteiger partial charge in [0.15, 0.2) is 3.66 Å². The van der Waals surface area contributed by atoms with Gasteiger partial charge in [-0.25, -0.2) is 4.79 Å². The summed E-state index contributed by atoms with van der Waals surface area (Å²) in [6, 6.07) is 0. The zero-order chi connectivity index (χ0) is 7.49. The van der Waals surface area contributed by atoms with Gasteiger partial charge in [-0.15, -0.1) is 12.6 Å². The van der Waals surface area contributed by atoms with Gasteiger partial charge in [0.2, 0.25) is 0 Å². The SMILES string of the molecule is CCOC(=O)C(C)(S)Br. The average molecular weight is 213 g/mol. The summed E-state index contributed by atoms with van der Waals surface area (Å²) in [5.41, 5.74) is 0. The summed E-state index contributed by atoms with van der Waals surface area (Å²) in [7, 11) is 0. The minimum Gasteiger partial charge on any atom is -0.464 e. The number of alkyl halides is 1. The number of ether oxygens (including phenoxy) is 1. The summed E-state index contributed by atoms with van der Waals surface area (Å²) in [6.45, 7) is 3.76. The van der Waals surface area contributed by atoms with Crippen LogP contribution in [0, 0.1) is 0 Å². The first-order chi connectivity index (χ1) is 3.98. The van der Waals surface area contributed by atoms with Crippen LogP contribution in [0.5, 0.6) is 0 Å². The lowest BCUT2D eigenvalue weighted by molar-refractivity contribution is -0.142. The topological polar surface area (TPSA) is 26.3 Å². The van der Waals surface area contributed by atoms with Crippen LogP contribution >= 0.6 is 28.6 Å². The molecule has 0 aliphatic heterocycles.